The van der Waals surface area contributed by atoms with E-state index in [2.05, 4.69) is 0 Å². The molecule has 92 valence electrons. The van der Waals surface area contributed by atoms with E-state index in [1.54, 1.807) is 38.2 Å². The maximum Gasteiger partial charge on any atom is 0.403 e. The number of nitrogens with zero attached hydrogens (tertiary/aromatic N) is 1. The van der Waals surface area contributed by atoms with E-state index in [4.69, 9.17) is 9.47 Å². The van der Waals surface area contributed by atoms with Gasteiger partial charge in [0.25, 0.3) is 5.69 Å². The molecule has 0 atom stereocenters. The van der Waals surface area contributed by atoms with Crippen LogP contribution in [0.5, 0.6) is 0 Å². The van der Waals surface area contributed by atoms with Crippen LogP contribution in [0.25, 0.3) is 0 Å². The first-order chi connectivity index (χ1) is 8.19. The van der Waals surface area contributed by atoms with Crippen LogP contribution >= 0.6 is 0 Å². The first-order valence-corrected chi connectivity index (χ1v) is 5.50. The second-order valence-corrected chi connectivity index (χ2v) is 3.24. The van der Waals surface area contributed by atoms with Gasteiger partial charge in [-0.15, -0.1) is 0 Å². The molecule has 1 heterocycles. The summed E-state index contributed by atoms with van der Waals surface area (Å²) in [4.78, 5) is 23.0. The van der Waals surface area contributed by atoms with Gasteiger partial charge in [0.05, 0.1) is 13.2 Å². The molecule has 0 aliphatic carbocycles. The summed E-state index contributed by atoms with van der Waals surface area (Å²) in [5, 5.41) is 0. The molecule has 0 aliphatic heterocycles. The van der Waals surface area contributed by atoms with E-state index >= 15 is 0 Å². The fraction of sp³-hybridized carbons (Fsp3) is 0.417. The lowest BCUT2D eigenvalue weighted by molar-refractivity contribution is -0.688. The molecule has 1 rings (SSSR count). The van der Waals surface area contributed by atoms with E-state index in [-0.39, 0.29) is 12.5 Å². The number of hydrogen-bond donors (Lipinski definition) is 0. The number of carbonyl (C=O) groups excluding carboxylic acids is 2. The van der Waals surface area contributed by atoms with E-state index in [1.165, 1.54) is 4.57 Å². The minimum absolute atomic E-state index is 0.00281. The Labute approximate surface area is 100.0 Å². The molecule has 0 fully saturated rings. The van der Waals surface area contributed by atoms with Crippen LogP contribution in [0.4, 0.5) is 0 Å². The van der Waals surface area contributed by atoms with E-state index in [0.717, 1.165) is 0 Å². The van der Waals surface area contributed by atoms with E-state index in [9.17, 15) is 9.59 Å². The summed E-state index contributed by atoms with van der Waals surface area (Å²) in [6.45, 7) is 4.09. The molecule has 0 aliphatic rings. The molecule has 0 aromatic carbocycles. The summed E-state index contributed by atoms with van der Waals surface area (Å²) in [5.41, 5.74) is 0.336. The molecule has 1 aromatic rings. The molecular weight excluding hydrogens is 222 g/mol. The molecule has 0 radical (unpaired) electrons. The summed E-state index contributed by atoms with van der Waals surface area (Å²) in [6, 6.07) is 5.06. The van der Waals surface area contributed by atoms with Crippen molar-refractivity contribution in [2.24, 2.45) is 0 Å². The quantitative estimate of drug-likeness (QED) is 0.560. The molecule has 0 spiro atoms. The molecule has 0 N–H and O–H groups in total. The summed E-state index contributed by atoms with van der Waals surface area (Å²) in [6.07, 6.45) is 1.64. The molecule has 0 bridgehead atoms. The summed E-state index contributed by atoms with van der Waals surface area (Å²) in [5.74, 6) is -0.827. The van der Waals surface area contributed by atoms with E-state index in [0.29, 0.717) is 18.9 Å². The zero-order valence-corrected chi connectivity index (χ0v) is 10.0. The lowest BCUT2D eigenvalue weighted by Gasteiger charge is -2.03. The number of rotatable bonds is 5. The van der Waals surface area contributed by atoms with Gasteiger partial charge < -0.3 is 9.47 Å². The highest BCUT2D eigenvalue weighted by Crippen LogP contribution is 1.95. The number of hydrogen-bond acceptors (Lipinski definition) is 4. The van der Waals surface area contributed by atoms with E-state index < -0.39 is 5.97 Å². The predicted octanol–water partition coefficient (Wildman–Crippen LogP) is 0.714. The van der Waals surface area contributed by atoms with Crippen LogP contribution in [-0.4, -0.2) is 25.2 Å². The largest absolute Gasteiger partial charge is 0.461 e. The maximum absolute atomic E-state index is 11.6. The van der Waals surface area contributed by atoms with Crippen molar-refractivity contribution < 1.29 is 23.6 Å². The maximum atomic E-state index is 11.6. The summed E-state index contributed by atoms with van der Waals surface area (Å²) >= 11 is 0. The SMILES string of the molecule is CCOC(=O)C[n+]1ccccc1C(=O)OCC. The number of carbonyl (C=O) groups is 2. The van der Waals surface area contributed by atoms with Gasteiger partial charge in [-0.2, -0.15) is 4.57 Å². The highest BCUT2D eigenvalue weighted by atomic mass is 16.5. The van der Waals surface area contributed by atoms with Gasteiger partial charge in [-0.25, -0.2) is 9.59 Å². The van der Waals surface area contributed by atoms with Crippen molar-refractivity contribution in [2.45, 2.75) is 20.4 Å². The Morgan fingerprint density at radius 1 is 1.18 bits per heavy atom. The van der Waals surface area contributed by atoms with Gasteiger partial charge in [0.2, 0.25) is 6.54 Å². The van der Waals surface area contributed by atoms with Crippen molar-refractivity contribution in [3.8, 4) is 0 Å². The molecular formula is C12H16NO4+. The third-order valence-corrected chi connectivity index (χ3v) is 2.03. The van der Waals surface area contributed by atoms with Crippen molar-refractivity contribution >= 4 is 11.9 Å². The molecule has 0 unspecified atom stereocenters. The zero-order chi connectivity index (χ0) is 12.7. The van der Waals surface area contributed by atoms with Gasteiger partial charge in [-0.1, -0.05) is 0 Å². The normalized spacial score (nSPS) is 9.76. The van der Waals surface area contributed by atoms with Gasteiger partial charge in [0.15, 0.2) is 6.20 Å². The smallest absolute Gasteiger partial charge is 0.403 e. The lowest BCUT2D eigenvalue weighted by Crippen LogP contribution is -2.44. The number of aromatic nitrogens is 1. The Bertz CT molecular complexity index is 403. The molecule has 0 saturated carbocycles. The van der Waals surface area contributed by atoms with Crippen molar-refractivity contribution in [1.82, 2.24) is 0 Å². The Balaban J connectivity index is 2.84. The average Bonchev–Trinajstić information content (AvgIpc) is 2.30. The molecule has 5 nitrogen and oxygen atoms in total. The van der Waals surface area contributed by atoms with Crippen molar-refractivity contribution in [2.75, 3.05) is 13.2 Å². The van der Waals surface area contributed by atoms with Crippen LogP contribution in [0.2, 0.25) is 0 Å². The molecule has 17 heavy (non-hydrogen) atoms. The van der Waals surface area contributed by atoms with Gasteiger partial charge in [0, 0.05) is 12.1 Å². The standard InChI is InChI=1S/C12H16NO4/c1-3-16-11(14)9-13-8-6-5-7-10(13)12(15)17-4-2/h5-8H,3-4,9H2,1-2H3/q+1. The molecule has 5 heteroatoms. The fourth-order valence-electron chi connectivity index (χ4n) is 1.35. The van der Waals surface area contributed by atoms with Crippen LogP contribution in [0.15, 0.2) is 24.4 Å². The Hall–Kier alpha value is -1.91. The van der Waals surface area contributed by atoms with E-state index in [1.807, 2.05) is 0 Å². The second-order valence-electron chi connectivity index (χ2n) is 3.24. The topological polar surface area (TPSA) is 56.5 Å². The van der Waals surface area contributed by atoms with Gasteiger partial charge >= 0.3 is 11.9 Å². The second kappa shape index (κ2) is 6.62. The average molecular weight is 238 g/mol. The highest BCUT2D eigenvalue weighted by molar-refractivity contribution is 5.85. The first kappa shape index (κ1) is 13.2. The van der Waals surface area contributed by atoms with Crippen molar-refractivity contribution in [1.29, 1.82) is 0 Å². The highest BCUT2D eigenvalue weighted by Gasteiger charge is 2.22. The van der Waals surface area contributed by atoms with Crippen LogP contribution in [0, 0.1) is 0 Å². The minimum atomic E-state index is -0.447. The van der Waals surface area contributed by atoms with Gasteiger partial charge in [-0.05, 0) is 19.9 Å². The van der Waals surface area contributed by atoms with Gasteiger partial charge in [0.1, 0.15) is 0 Å². The Morgan fingerprint density at radius 2 is 1.88 bits per heavy atom. The molecule has 0 saturated heterocycles. The number of pyridine rings is 1. The third-order valence-electron chi connectivity index (χ3n) is 2.03. The Kier molecular flexibility index (Phi) is 5.13. The predicted molar refractivity (Wildman–Crippen MR) is 59.2 cm³/mol. The van der Waals surface area contributed by atoms with Crippen molar-refractivity contribution in [3.63, 3.8) is 0 Å². The monoisotopic (exact) mass is 238 g/mol. The summed E-state index contributed by atoms with van der Waals surface area (Å²) < 4.78 is 11.2. The van der Waals surface area contributed by atoms with Crippen molar-refractivity contribution in [3.05, 3.63) is 30.1 Å². The van der Waals surface area contributed by atoms with Crippen LogP contribution < -0.4 is 4.57 Å². The lowest BCUT2D eigenvalue weighted by atomic mass is 10.3. The summed E-state index contributed by atoms with van der Waals surface area (Å²) in [7, 11) is 0. The molecule has 1 aromatic heterocycles. The minimum Gasteiger partial charge on any atom is -0.461 e. The Morgan fingerprint density at radius 3 is 2.53 bits per heavy atom. The van der Waals surface area contributed by atoms with Crippen LogP contribution in [-0.2, 0) is 20.8 Å². The number of ether oxygens (including phenoxy) is 2. The fourth-order valence-corrected chi connectivity index (χ4v) is 1.35. The zero-order valence-electron chi connectivity index (χ0n) is 10.0. The van der Waals surface area contributed by atoms with Crippen LogP contribution in [0.3, 0.4) is 0 Å². The molecule has 0 amide bonds. The first-order valence-electron chi connectivity index (χ1n) is 5.50. The number of esters is 2. The van der Waals surface area contributed by atoms with Gasteiger partial charge in [-0.3, -0.25) is 0 Å². The van der Waals surface area contributed by atoms with Crippen LogP contribution in [0.1, 0.15) is 24.3 Å². The third kappa shape index (κ3) is 3.86.